The van der Waals surface area contributed by atoms with E-state index in [9.17, 15) is 4.79 Å². The maximum absolute atomic E-state index is 12.3. The van der Waals surface area contributed by atoms with Crippen molar-refractivity contribution < 1.29 is 4.79 Å². The summed E-state index contributed by atoms with van der Waals surface area (Å²) in [5.74, 6) is 0.0376. The number of amides is 1. The van der Waals surface area contributed by atoms with Crippen molar-refractivity contribution in [2.45, 2.75) is 51.1 Å². The van der Waals surface area contributed by atoms with Gasteiger partial charge in [0, 0.05) is 25.3 Å². The predicted molar refractivity (Wildman–Crippen MR) is 80.7 cm³/mol. The molecule has 110 valence electrons. The number of carbonyl (C=O) groups is 1. The maximum atomic E-state index is 12.3. The molecule has 1 aliphatic carbocycles. The van der Waals surface area contributed by atoms with Gasteiger partial charge in [-0.05, 0) is 50.8 Å². The normalized spacial score (nSPS) is 22.5. The molecule has 0 unspecified atom stereocenters. The first-order valence-electron chi connectivity index (χ1n) is 7.64. The van der Waals surface area contributed by atoms with Gasteiger partial charge in [0.05, 0.1) is 0 Å². The second-order valence-corrected chi connectivity index (χ2v) is 5.59. The standard InChI is InChI=1S/C16H25N3O/c1-3-11-17-13-7-9-14(10-8-13)19(2)16(20)15-6-4-5-12-18-15/h4-6,12-14,17H,3,7-11H2,1-2H3. The second-order valence-electron chi connectivity index (χ2n) is 5.59. The predicted octanol–water partition coefficient (Wildman–Crippen LogP) is 2.46. The number of nitrogens with zero attached hydrogens (tertiary/aromatic N) is 2. The van der Waals surface area contributed by atoms with Crippen LogP contribution < -0.4 is 5.32 Å². The van der Waals surface area contributed by atoms with E-state index in [4.69, 9.17) is 0 Å². The van der Waals surface area contributed by atoms with Gasteiger partial charge in [-0.25, -0.2) is 0 Å². The molecule has 0 bridgehead atoms. The zero-order chi connectivity index (χ0) is 14.4. The molecular formula is C16H25N3O. The Labute approximate surface area is 121 Å². The first kappa shape index (κ1) is 15.0. The van der Waals surface area contributed by atoms with Gasteiger partial charge in [-0.3, -0.25) is 9.78 Å². The van der Waals surface area contributed by atoms with Gasteiger partial charge in [-0.1, -0.05) is 13.0 Å². The topological polar surface area (TPSA) is 45.2 Å². The third-order valence-corrected chi connectivity index (χ3v) is 4.13. The van der Waals surface area contributed by atoms with E-state index < -0.39 is 0 Å². The zero-order valence-electron chi connectivity index (χ0n) is 12.5. The van der Waals surface area contributed by atoms with Crippen LogP contribution in [0, 0.1) is 0 Å². The summed E-state index contributed by atoms with van der Waals surface area (Å²) >= 11 is 0. The molecule has 0 saturated heterocycles. The van der Waals surface area contributed by atoms with Crippen LogP contribution in [0.1, 0.15) is 49.5 Å². The second kappa shape index (κ2) is 7.39. The first-order valence-corrected chi connectivity index (χ1v) is 7.64. The van der Waals surface area contributed by atoms with Crippen molar-refractivity contribution in [1.29, 1.82) is 0 Å². The van der Waals surface area contributed by atoms with Crippen molar-refractivity contribution in [3.8, 4) is 0 Å². The van der Waals surface area contributed by atoms with Crippen molar-refractivity contribution in [3.05, 3.63) is 30.1 Å². The largest absolute Gasteiger partial charge is 0.337 e. The molecular weight excluding hydrogens is 250 g/mol. The molecule has 1 N–H and O–H groups in total. The third kappa shape index (κ3) is 3.79. The molecule has 0 aromatic carbocycles. The van der Waals surface area contributed by atoms with Gasteiger partial charge in [0.15, 0.2) is 0 Å². The Bertz CT molecular complexity index is 413. The summed E-state index contributed by atoms with van der Waals surface area (Å²) < 4.78 is 0. The van der Waals surface area contributed by atoms with Crippen molar-refractivity contribution in [1.82, 2.24) is 15.2 Å². The van der Waals surface area contributed by atoms with Crippen molar-refractivity contribution in [2.24, 2.45) is 0 Å². The highest BCUT2D eigenvalue weighted by Gasteiger charge is 2.27. The number of hydrogen-bond acceptors (Lipinski definition) is 3. The van der Waals surface area contributed by atoms with E-state index in [2.05, 4.69) is 17.2 Å². The molecule has 4 heteroatoms. The summed E-state index contributed by atoms with van der Waals surface area (Å²) in [6.45, 7) is 3.29. The molecule has 1 saturated carbocycles. The molecule has 2 rings (SSSR count). The lowest BCUT2D eigenvalue weighted by Gasteiger charge is -2.35. The van der Waals surface area contributed by atoms with Crippen LogP contribution >= 0.6 is 0 Å². The van der Waals surface area contributed by atoms with E-state index >= 15 is 0 Å². The molecule has 20 heavy (non-hydrogen) atoms. The Morgan fingerprint density at radius 2 is 2.10 bits per heavy atom. The van der Waals surface area contributed by atoms with Crippen molar-refractivity contribution >= 4 is 5.91 Å². The van der Waals surface area contributed by atoms with Crippen LogP contribution in [-0.4, -0.2) is 41.5 Å². The fraction of sp³-hybridized carbons (Fsp3) is 0.625. The summed E-state index contributed by atoms with van der Waals surface area (Å²) in [4.78, 5) is 18.4. The molecule has 1 fully saturated rings. The van der Waals surface area contributed by atoms with Gasteiger partial charge in [-0.15, -0.1) is 0 Å². The molecule has 0 radical (unpaired) electrons. The Hall–Kier alpha value is -1.42. The van der Waals surface area contributed by atoms with Crippen LogP contribution in [0.15, 0.2) is 24.4 Å². The number of aromatic nitrogens is 1. The highest BCUT2D eigenvalue weighted by atomic mass is 16.2. The summed E-state index contributed by atoms with van der Waals surface area (Å²) in [5.41, 5.74) is 0.543. The summed E-state index contributed by atoms with van der Waals surface area (Å²) in [7, 11) is 1.90. The van der Waals surface area contributed by atoms with E-state index in [1.165, 1.54) is 6.42 Å². The molecule has 0 atom stereocenters. The molecule has 4 nitrogen and oxygen atoms in total. The van der Waals surface area contributed by atoms with E-state index in [0.29, 0.717) is 17.8 Å². The molecule has 1 aromatic rings. The van der Waals surface area contributed by atoms with E-state index in [0.717, 1.165) is 32.2 Å². The van der Waals surface area contributed by atoms with Crippen molar-refractivity contribution in [2.75, 3.05) is 13.6 Å². The van der Waals surface area contributed by atoms with Crippen molar-refractivity contribution in [3.63, 3.8) is 0 Å². The maximum Gasteiger partial charge on any atom is 0.272 e. The van der Waals surface area contributed by atoms with Gasteiger partial charge in [0.25, 0.3) is 5.91 Å². The minimum absolute atomic E-state index is 0.0376. The fourth-order valence-corrected chi connectivity index (χ4v) is 2.85. The molecule has 1 heterocycles. The van der Waals surface area contributed by atoms with Gasteiger partial charge in [0.2, 0.25) is 0 Å². The highest BCUT2D eigenvalue weighted by Crippen LogP contribution is 2.23. The molecule has 1 amide bonds. The Kier molecular flexibility index (Phi) is 5.53. The van der Waals surface area contributed by atoms with Gasteiger partial charge >= 0.3 is 0 Å². The minimum Gasteiger partial charge on any atom is -0.337 e. The van der Waals surface area contributed by atoms with E-state index in [1.807, 2.05) is 24.1 Å². The number of nitrogens with one attached hydrogen (secondary N) is 1. The Morgan fingerprint density at radius 3 is 2.70 bits per heavy atom. The Balaban J connectivity index is 1.85. The van der Waals surface area contributed by atoms with Gasteiger partial charge in [0.1, 0.15) is 5.69 Å². The average molecular weight is 275 g/mol. The summed E-state index contributed by atoms with van der Waals surface area (Å²) in [6.07, 6.45) is 7.33. The monoisotopic (exact) mass is 275 g/mol. The molecule has 1 aliphatic rings. The number of hydrogen-bond donors (Lipinski definition) is 1. The smallest absolute Gasteiger partial charge is 0.272 e. The van der Waals surface area contributed by atoms with E-state index in [-0.39, 0.29) is 5.91 Å². The van der Waals surface area contributed by atoms with E-state index in [1.54, 1.807) is 12.3 Å². The Morgan fingerprint density at radius 1 is 1.35 bits per heavy atom. The lowest BCUT2D eigenvalue weighted by atomic mass is 9.90. The van der Waals surface area contributed by atoms with Crippen LogP contribution in [0.2, 0.25) is 0 Å². The molecule has 1 aromatic heterocycles. The number of carbonyl (C=O) groups excluding carboxylic acids is 1. The van der Waals surface area contributed by atoms with Crippen LogP contribution in [0.4, 0.5) is 0 Å². The van der Waals surface area contributed by atoms with Gasteiger partial charge < -0.3 is 10.2 Å². The first-order chi connectivity index (χ1) is 9.72. The molecule has 0 aliphatic heterocycles. The van der Waals surface area contributed by atoms with Gasteiger partial charge in [-0.2, -0.15) is 0 Å². The lowest BCUT2D eigenvalue weighted by Crippen LogP contribution is -2.43. The summed E-state index contributed by atoms with van der Waals surface area (Å²) in [5, 5.41) is 3.58. The quantitative estimate of drug-likeness (QED) is 0.898. The van der Waals surface area contributed by atoms with Crippen LogP contribution in [-0.2, 0) is 0 Å². The number of pyridine rings is 1. The third-order valence-electron chi connectivity index (χ3n) is 4.13. The van der Waals surface area contributed by atoms with Crippen LogP contribution in [0.5, 0.6) is 0 Å². The lowest BCUT2D eigenvalue weighted by molar-refractivity contribution is 0.0678. The number of rotatable bonds is 5. The fourth-order valence-electron chi connectivity index (χ4n) is 2.85. The van der Waals surface area contributed by atoms with Crippen LogP contribution in [0.3, 0.4) is 0 Å². The zero-order valence-corrected chi connectivity index (χ0v) is 12.5. The highest BCUT2D eigenvalue weighted by molar-refractivity contribution is 5.92. The van der Waals surface area contributed by atoms with Crippen LogP contribution in [0.25, 0.3) is 0 Å². The summed E-state index contributed by atoms with van der Waals surface area (Å²) in [6, 6.07) is 6.46. The SMILES string of the molecule is CCCNC1CCC(N(C)C(=O)c2ccccn2)CC1. The molecule has 0 spiro atoms. The minimum atomic E-state index is 0.0376. The average Bonchev–Trinajstić information content (AvgIpc) is 2.53.